The molecule has 6 nitrogen and oxygen atoms in total. The quantitative estimate of drug-likeness (QED) is 0.656. The molecule has 1 N–H and O–H groups in total. The molecule has 2 rings (SSSR count). The number of carbonyl (C=O) groups is 3. The van der Waals surface area contributed by atoms with Crippen LogP contribution in [0.5, 0.6) is 0 Å². The number of nitrogens with zero attached hydrogens (tertiary/aromatic N) is 1. The summed E-state index contributed by atoms with van der Waals surface area (Å²) in [5.41, 5.74) is 1.66. The summed E-state index contributed by atoms with van der Waals surface area (Å²) in [6, 6.07) is 6.76. The summed E-state index contributed by atoms with van der Waals surface area (Å²) in [5, 5.41) is 2.64. The highest BCUT2D eigenvalue weighted by atomic mass is 16.6. The second-order valence-electron chi connectivity index (χ2n) is 7.38. The molecule has 26 heavy (non-hydrogen) atoms. The average molecular weight is 358 g/mol. The zero-order valence-corrected chi connectivity index (χ0v) is 15.8. The first-order valence-electron chi connectivity index (χ1n) is 8.71. The lowest BCUT2D eigenvalue weighted by Gasteiger charge is -2.25. The molecule has 1 aromatic carbocycles. The number of amides is 2. The molecule has 1 aliphatic rings. The third kappa shape index (κ3) is 6.02. The Morgan fingerprint density at radius 3 is 2.31 bits per heavy atom. The topological polar surface area (TPSA) is 75.7 Å². The monoisotopic (exact) mass is 358 g/mol. The van der Waals surface area contributed by atoms with E-state index in [1.54, 1.807) is 56.9 Å². The Balaban J connectivity index is 1.91. The highest BCUT2D eigenvalue weighted by Gasteiger charge is 2.18. The van der Waals surface area contributed by atoms with Crippen molar-refractivity contribution in [3.05, 3.63) is 41.5 Å². The minimum absolute atomic E-state index is 0.0244. The lowest BCUT2D eigenvalue weighted by atomic mass is 9.98. The van der Waals surface area contributed by atoms with Gasteiger partial charge in [-0.1, -0.05) is 11.6 Å². The first-order chi connectivity index (χ1) is 12.1. The Morgan fingerprint density at radius 2 is 1.81 bits per heavy atom. The molecule has 0 atom stereocenters. The van der Waals surface area contributed by atoms with E-state index in [9.17, 15) is 14.4 Å². The minimum atomic E-state index is -0.564. The Labute approximate surface area is 154 Å². The highest BCUT2D eigenvalue weighted by molar-refractivity contribution is 5.98. The molecule has 0 bridgehead atoms. The number of benzene rings is 1. The van der Waals surface area contributed by atoms with Crippen molar-refractivity contribution in [1.29, 1.82) is 0 Å². The Morgan fingerprint density at radius 1 is 1.15 bits per heavy atom. The van der Waals surface area contributed by atoms with Gasteiger partial charge in [0.1, 0.15) is 5.60 Å². The number of anilines is 1. The van der Waals surface area contributed by atoms with Gasteiger partial charge in [0.05, 0.1) is 0 Å². The van der Waals surface area contributed by atoms with Crippen LogP contribution in [-0.2, 0) is 9.53 Å². The van der Waals surface area contributed by atoms with E-state index in [4.69, 9.17) is 4.74 Å². The molecule has 0 unspecified atom stereocenters. The van der Waals surface area contributed by atoms with E-state index in [1.165, 1.54) is 0 Å². The zero-order valence-electron chi connectivity index (χ0n) is 15.8. The summed E-state index contributed by atoms with van der Waals surface area (Å²) in [4.78, 5) is 37.2. The zero-order chi connectivity index (χ0) is 19.3. The summed E-state index contributed by atoms with van der Waals surface area (Å²) in [7, 11) is 0. The number of nitrogens with one attached hydrogen (secondary N) is 1. The van der Waals surface area contributed by atoms with Crippen LogP contribution in [0.4, 0.5) is 10.5 Å². The predicted octanol–water partition coefficient (Wildman–Crippen LogP) is 3.79. The van der Waals surface area contributed by atoms with Gasteiger partial charge in [0.25, 0.3) is 0 Å². The molecule has 0 saturated carbocycles. The number of carbonyl (C=O) groups excluding carboxylic acids is 3. The molecular weight excluding hydrogens is 332 g/mol. The molecule has 0 radical (unpaired) electrons. The summed E-state index contributed by atoms with van der Waals surface area (Å²) < 4.78 is 5.19. The fourth-order valence-electron chi connectivity index (χ4n) is 2.63. The van der Waals surface area contributed by atoms with E-state index >= 15 is 0 Å². The van der Waals surface area contributed by atoms with E-state index in [-0.39, 0.29) is 11.7 Å². The highest BCUT2D eigenvalue weighted by Crippen LogP contribution is 2.19. The van der Waals surface area contributed by atoms with Crippen molar-refractivity contribution >= 4 is 23.5 Å². The Hall–Kier alpha value is -2.63. The summed E-state index contributed by atoms with van der Waals surface area (Å²) in [6.07, 6.45) is 2.51. The van der Waals surface area contributed by atoms with E-state index in [0.717, 1.165) is 12.0 Å². The van der Waals surface area contributed by atoms with Crippen LogP contribution in [-0.4, -0.2) is 41.4 Å². The predicted molar refractivity (Wildman–Crippen MR) is 100 cm³/mol. The number of Topliss-reactive ketones (excluding diaryl/α,β-unsaturated/α-hetero) is 1. The molecule has 0 aliphatic carbocycles. The van der Waals surface area contributed by atoms with Crippen LogP contribution in [0, 0.1) is 0 Å². The Kier molecular flexibility index (Phi) is 6.18. The van der Waals surface area contributed by atoms with Crippen molar-refractivity contribution in [2.75, 3.05) is 18.4 Å². The van der Waals surface area contributed by atoms with Crippen LogP contribution in [0.25, 0.3) is 0 Å². The smallest absolute Gasteiger partial charge is 0.412 e. The molecule has 2 amide bonds. The first kappa shape index (κ1) is 19.7. The average Bonchev–Trinajstić information content (AvgIpc) is 2.54. The fraction of sp³-hybridized carbons (Fsp3) is 0.450. The van der Waals surface area contributed by atoms with E-state index in [2.05, 4.69) is 5.32 Å². The summed E-state index contributed by atoms with van der Waals surface area (Å²) in [6.45, 7) is 8.17. The summed E-state index contributed by atoms with van der Waals surface area (Å²) >= 11 is 0. The number of hydrogen-bond donors (Lipinski definition) is 1. The van der Waals surface area contributed by atoms with Gasteiger partial charge in [-0.3, -0.25) is 14.9 Å². The lowest BCUT2D eigenvalue weighted by Crippen LogP contribution is -2.33. The molecule has 0 fully saturated rings. The molecular formula is C20H26N2O4. The van der Waals surface area contributed by atoms with Gasteiger partial charge in [-0.05, 0) is 51.5 Å². The van der Waals surface area contributed by atoms with Crippen molar-refractivity contribution in [3.63, 3.8) is 0 Å². The fourth-order valence-corrected chi connectivity index (χ4v) is 2.63. The largest absolute Gasteiger partial charge is 0.444 e. The van der Waals surface area contributed by atoms with Gasteiger partial charge >= 0.3 is 6.09 Å². The van der Waals surface area contributed by atoms with Crippen LogP contribution < -0.4 is 5.32 Å². The third-order valence-electron chi connectivity index (χ3n) is 3.99. The minimum Gasteiger partial charge on any atom is -0.444 e. The van der Waals surface area contributed by atoms with Crippen molar-refractivity contribution in [2.45, 2.75) is 46.1 Å². The number of hydrogen-bond acceptors (Lipinski definition) is 4. The van der Waals surface area contributed by atoms with Gasteiger partial charge < -0.3 is 9.64 Å². The van der Waals surface area contributed by atoms with Crippen molar-refractivity contribution in [3.8, 4) is 0 Å². The third-order valence-corrected chi connectivity index (χ3v) is 3.99. The van der Waals surface area contributed by atoms with Crippen molar-refractivity contribution in [2.24, 2.45) is 0 Å². The Bertz CT molecular complexity index is 714. The molecule has 1 aromatic rings. The van der Waals surface area contributed by atoms with Crippen LogP contribution in [0.15, 0.2) is 35.9 Å². The van der Waals surface area contributed by atoms with Gasteiger partial charge in [-0.25, -0.2) is 4.79 Å². The van der Waals surface area contributed by atoms with E-state index < -0.39 is 11.7 Å². The maximum absolute atomic E-state index is 12.4. The molecule has 1 heterocycles. The van der Waals surface area contributed by atoms with Gasteiger partial charge in [-0.2, -0.15) is 0 Å². The van der Waals surface area contributed by atoms with Gasteiger partial charge in [0, 0.05) is 37.7 Å². The number of ether oxygens (including phenoxy) is 1. The second-order valence-corrected chi connectivity index (χ2v) is 7.38. The van der Waals surface area contributed by atoms with Gasteiger partial charge in [0.15, 0.2) is 5.78 Å². The second kappa shape index (κ2) is 8.17. The standard InChI is InChI=1S/C20H26N2O4/c1-14(23)22-11-9-15(10-12-22)13-18(24)16-5-7-17(8-6-16)21-19(25)26-20(2,3)4/h5-9H,10-13H2,1-4H3,(H,21,25). The normalized spacial score (nSPS) is 14.5. The first-order valence-corrected chi connectivity index (χ1v) is 8.71. The molecule has 6 heteroatoms. The van der Waals surface area contributed by atoms with Crippen LogP contribution in [0.2, 0.25) is 0 Å². The van der Waals surface area contributed by atoms with Crippen molar-refractivity contribution < 1.29 is 19.1 Å². The molecule has 0 saturated heterocycles. The van der Waals surface area contributed by atoms with Gasteiger partial charge in [-0.15, -0.1) is 0 Å². The van der Waals surface area contributed by atoms with Gasteiger partial charge in [0.2, 0.25) is 5.91 Å². The van der Waals surface area contributed by atoms with Crippen LogP contribution in [0.3, 0.4) is 0 Å². The molecule has 0 spiro atoms. The van der Waals surface area contributed by atoms with Crippen LogP contribution in [0.1, 0.15) is 50.9 Å². The molecule has 1 aliphatic heterocycles. The van der Waals surface area contributed by atoms with Crippen molar-refractivity contribution in [1.82, 2.24) is 4.90 Å². The SMILES string of the molecule is CC(=O)N1CC=C(CC(=O)c2ccc(NC(=O)OC(C)(C)C)cc2)CC1. The van der Waals surface area contributed by atoms with E-state index in [0.29, 0.717) is 30.8 Å². The summed E-state index contributed by atoms with van der Waals surface area (Å²) in [5.74, 6) is 0.0797. The molecule has 0 aromatic heterocycles. The number of rotatable bonds is 4. The van der Waals surface area contributed by atoms with Crippen LogP contribution >= 0.6 is 0 Å². The molecule has 140 valence electrons. The maximum atomic E-state index is 12.4. The lowest BCUT2D eigenvalue weighted by molar-refractivity contribution is -0.128. The maximum Gasteiger partial charge on any atom is 0.412 e. The number of ketones is 1. The van der Waals surface area contributed by atoms with E-state index in [1.807, 2.05) is 6.08 Å².